The first kappa shape index (κ1) is 23.6. The molecular formula is C36H22O6. The second kappa shape index (κ2) is 7.79. The molecular weight excluding hydrogens is 528 g/mol. The third-order valence-corrected chi connectivity index (χ3v) is 9.93. The van der Waals surface area contributed by atoms with Crippen LogP contribution in [0.4, 0.5) is 0 Å². The topological polar surface area (TPSA) is 86.7 Å². The lowest BCUT2D eigenvalue weighted by molar-refractivity contribution is -0.131. The van der Waals surface area contributed by atoms with Crippen molar-refractivity contribution in [3.05, 3.63) is 140 Å². The predicted molar refractivity (Wildman–Crippen MR) is 152 cm³/mol. The molecule has 4 bridgehead atoms. The summed E-state index contributed by atoms with van der Waals surface area (Å²) >= 11 is 0. The van der Waals surface area contributed by atoms with Crippen molar-refractivity contribution in [1.82, 2.24) is 0 Å². The number of allylic oxidation sites excluding steroid dienone is 8. The van der Waals surface area contributed by atoms with Crippen molar-refractivity contribution in [2.75, 3.05) is 14.2 Å². The van der Waals surface area contributed by atoms with E-state index in [0.717, 1.165) is 33.4 Å². The summed E-state index contributed by atoms with van der Waals surface area (Å²) < 4.78 is 11.2. The SMILES string of the molecule is COc1cc2c(cc1OC)[C@@H]1C3=CC(=O)C(=O)C=C3C2C2=C1C(=O)C1=C(C2=O)C2c3ccccc3C1c1ccccc12. The summed E-state index contributed by atoms with van der Waals surface area (Å²) in [5, 5.41) is 0. The molecule has 0 saturated carbocycles. The van der Waals surface area contributed by atoms with Crippen LogP contribution in [0.15, 0.2) is 106 Å². The van der Waals surface area contributed by atoms with Crippen LogP contribution in [-0.2, 0) is 19.2 Å². The van der Waals surface area contributed by atoms with Crippen molar-refractivity contribution < 1.29 is 28.7 Å². The maximum atomic E-state index is 14.9. The zero-order valence-electron chi connectivity index (χ0n) is 22.7. The molecule has 3 aromatic carbocycles. The van der Waals surface area contributed by atoms with Crippen LogP contribution in [0, 0.1) is 0 Å². The molecule has 0 aliphatic heterocycles. The first-order valence-electron chi connectivity index (χ1n) is 14.0. The Morgan fingerprint density at radius 2 is 0.810 bits per heavy atom. The molecule has 11 rings (SSSR count). The lowest BCUT2D eigenvalue weighted by Crippen LogP contribution is -2.45. The molecule has 0 spiro atoms. The molecule has 8 aliphatic carbocycles. The van der Waals surface area contributed by atoms with Crippen molar-refractivity contribution >= 4 is 23.1 Å². The van der Waals surface area contributed by atoms with E-state index in [2.05, 4.69) is 24.3 Å². The van der Waals surface area contributed by atoms with Gasteiger partial charge in [-0.25, -0.2) is 0 Å². The second-order valence-corrected chi connectivity index (χ2v) is 11.6. The number of carbonyl (C=O) groups is 4. The summed E-state index contributed by atoms with van der Waals surface area (Å²) in [7, 11) is 3.09. The summed E-state index contributed by atoms with van der Waals surface area (Å²) in [5.41, 5.74) is 8.90. The molecule has 202 valence electrons. The van der Waals surface area contributed by atoms with Crippen molar-refractivity contribution in [1.29, 1.82) is 0 Å². The molecule has 0 amide bonds. The molecule has 1 unspecified atom stereocenters. The third-order valence-electron chi connectivity index (χ3n) is 9.93. The van der Waals surface area contributed by atoms with Crippen LogP contribution in [0.2, 0.25) is 0 Å². The highest BCUT2D eigenvalue weighted by atomic mass is 16.5. The molecule has 0 aromatic heterocycles. The average Bonchev–Trinajstić information content (AvgIpc) is 3.02. The molecule has 6 nitrogen and oxygen atoms in total. The molecule has 0 fully saturated rings. The van der Waals surface area contributed by atoms with Gasteiger partial charge < -0.3 is 9.47 Å². The van der Waals surface area contributed by atoms with Crippen LogP contribution in [0.3, 0.4) is 0 Å². The number of methoxy groups -OCH3 is 2. The highest BCUT2D eigenvalue weighted by molar-refractivity contribution is 6.47. The minimum atomic E-state index is -0.681. The summed E-state index contributed by atoms with van der Waals surface area (Å²) in [6.07, 6.45) is 2.72. The molecule has 6 heteroatoms. The number of ether oxygens (including phenoxy) is 2. The van der Waals surface area contributed by atoms with Crippen LogP contribution in [-0.4, -0.2) is 37.4 Å². The van der Waals surface area contributed by atoms with E-state index in [4.69, 9.17) is 9.47 Å². The minimum absolute atomic E-state index is 0.154. The van der Waals surface area contributed by atoms with Gasteiger partial charge in [0, 0.05) is 46.0 Å². The molecule has 0 radical (unpaired) electrons. The minimum Gasteiger partial charge on any atom is -0.493 e. The third kappa shape index (κ3) is 2.57. The molecule has 3 aromatic rings. The maximum absolute atomic E-state index is 14.9. The number of carbonyl (C=O) groups excluding carboxylic acids is 4. The van der Waals surface area contributed by atoms with Crippen LogP contribution < -0.4 is 9.47 Å². The molecule has 0 heterocycles. The smallest absolute Gasteiger partial charge is 0.226 e. The Morgan fingerprint density at radius 3 is 1.14 bits per heavy atom. The van der Waals surface area contributed by atoms with E-state index in [1.54, 1.807) is 14.2 Å². The summed E-state index contributed by atoms with van der Waals surface area (Å²) in [6.45, 7) is 0. The largest absolute Gasteiger partial charge is 0.493 e. The van der Waals surface area contributed by atoms with Crippen LogP contribution >= 0.6 is 0 Å². The van der Waals surface area contributed by atoms with E-state index in [0.29, 0.717) is 44.9 Å². The number of Topliss-reactive ketones (excluding diaryl/α,β-unsaturated/α-hetero) is 2. The Bertz CT molecular complexity index is 1860. The van der Waals surface area contributed by atoms with Crippen molar-refractivity contribution in [3.63, 3.8) is 0 Å². The number of rotatable bonds is 2. The number of benzene rings is 3. The Balaban J connectivity index is 1.34. The van der Waals surface area contributed by atoms with Gasteiger partial charge in [0.05, 0.1) is 14.2 Å². The highest BCUT2D eigenvalue weighted by Gasteiger charge is 2.58. The fourth-order valence-electron chi connectivity index (χ4n) is 8.42. The van der Waals surface area contributed by atoms with Gasteiger partial charge in [-0.05, 0) is 68.8 Å². The normalized spacial score (nSPS) is 25.7. The average molecular weight is 551 g/mol. The Hall–Kier alpha value is -5.10. The van der Waals surface area contributed by atoms with Crippen LogP contribution in [0.5, 0.6) is 11.5 Å². The molecule has 0 N–H and O–H groups in total. The maximum Gasteiger partial charge on any atom is 0.226 e. The standard InChI is InChI=1S/C36H22O6/c1-41-25-13-21-22(14-26(25)42-2)30-20-12-24(38)23(37)11-19(20)29(21)33-34(30)36(40)32-28-17-9-5-3-7-15(17)27(31(32)35(33)39)16-8-4-6-10-18(16)28/h3-14,27-30H,1-2H3/t27?,28?,29-,30?/m0/s1. The lowest BCUT2D eigenvalue weighted by atomic mass is 9.50. The monoisotopic (exact) mass is 550 g/mol. The van der Waals surface area contributed by atoms with Gasteiger partial charge in [-0.2, -0.15) is 0 Å². The fraction of sp³-hybridized carbons (Fsp3) is 0.167. The van der Waals surface area contributed by atoms with Crippen molar-refractivity contribution in [2.24, 2.45) is 0 Å². The highest BCUT2D eigenvalue weighted by Crippen LogP contribution is 2.66. The van der Waals surface area contributed by atoms with Gasteiger partial charge in [0.1, 0.15) is 0 Å². The molecule has 42 heavy (non-hydrogen) atoms. The van der Waals surface area contributed by atoms with E-state index < -0.39 is 23.4 Å². The summed E-state index contributed by atoms with van der Waals surface area (Å²) in [5.74, 6) is -2.65. The Kier molecular flexibility index (Phi) is 4.38. The predicted octanol–water partition coefficient (Wildman–Crippen LogP) is 4.94. The Labute approximate surface area is 240 Å². The van der Waals surface area contributed by atoms with Gasteiger partial charge in [0.2, 0.25) is 11.6 Å². The van der Waals surface area contributed by atoms with Gasteiger partial charge in [0.15, 0.2) is 23.1 Å². The van der Waals surface area contributed by atoms with E-state index in [1.807, 2.05) is 36.4 Å². The quantitative estimate of drug-likeness (QED) is 0.255. The zero-order valence-corrected chi connectivity index (χ0v) is 22.7. The van der Waals surface area contributed by atoms with Crippen LogP contribution in [0.1, 0.15) is 57.1 Å². The van der Waals surface area contributed by atoms with Gasteiger partial charge in [0.25, 0.3) is 0 Å². The van der Waals surface area contributed by atoms with Crippen molar-refractivity contribution in [2.45, 2.75) is 23.7 Å². The molecule has 2 atom stereocenters. The lowest BCUT2D eigenvalue weighted by Gasteiger charge is -2.50. The first-order valence-corrected chi connectivity index (χ1v) is 14.0. The van der Waals surface area contributed by atoms with Gasteiger partial charge in [-0.15, -0.1) is 0 Å². The van der Waals surface area contributed by atoms with E-state index >= 15 is 0 Å². The van der Waals surface area contributed by atoms with Crippen molar-refractivity contribution in [3.8, 4) is 11.5 Å². The van der Waals surface area contributed by atoms with E-state index in [-0.39, 0.29) is 23.4 Å². The van der Waals surface area contributed by atoms with Gasteiger partial charge in [-0.3, -0.25) is 19.2 Å². The first-order chi connectivity index (χ1) is 20.4. The van der Waals surface area contributed by atoms with Gasteiger partial charge in [-0.1, -0.05) is 48.5 Å². The zero-order chi connectivity index (χ0) is 28.6. The Morgan fingerprint density at radius 1 is 0.476 bits per heavy atom. The number of ketones is 4. The van der Waals surface area contributed by atoms with Crippen LogP contribution in [0.25, 0.3) is 0 Å². The molecule has 0 saturated heterocycles. The summed E-state index contributed by atoms with van der Waals surface area (Å²) in [4.78, 5) is 55.2. The van der Waals surface area contributed by atoms with Gasteiger partial charge >= 0.3 is 0 Å². The van der Waals surface area contributed by atoms with E-state index in [9.17, 15) is 19.2 Å². The number of hydrogen-bond donors (Lipinski definition) is 0. The summed E-state index contributed by atoms with van der Waals surface area (Å²) in [6, 6.07) is 19.8. The second-order valence-electron chi connectivity index (χ2n) is 11.6. The van der Waals surface area contributed by atoms with E-state index in [1.165, 1.54) is 12.2 Å². The molecule has 8 aliphatic rings. The number of hydrogen-bond acceptors (Lipinski definition) is 6. The fourth-order valence-corrected chi connectivity index (χ4v) is 8.42.